The van der Waals surface area contributed by atoms with Crippen molar-refractivity contribution >= 4 is 11.8 Å². The Kier molecular flexibility index (Phi) is 5.32. The maximum absolute atomic E-state index is 11.6. The van der Waals surface area contributed by atoms with Crippen LogP contribution >= 0.6 is 0 Å². The van der Waals surface area contributed by atoms with Crippen LogP contribution in [0.5, 0.6) is 0 Å². The third kappa shape index (κ3) is 4.34. The van der Waals surface area contributed by atoms with E-state index < -0.39 is 18.6 Å². The molecule has 92 valence electrons. The monoisotopic (exact) mass is 237 g/mol. The molecule has 3 N–H and O–H groups in total. The number of aliphatic carboxylic acids is 1. The minimum atomic E-state index is -1.32. The molecular weight excluding hydrogens is 222 g/mol. The van der Waals surface area contributed by atoms with Gasteiger partial charge in [-0.3, -0.25) is 4.79 Å². The number of carbonyl (C=O) groups is 2. The molecule has 1 unspecified atom stereocenters. The Balaban J connectivity index is 2.37. The van der Waals surface area contributed by atoms with Gasteiger partial charge in [-0.05, 0) is 0 Å². The lowest BCUT2D eigenvalue weighted by molar-refractivity contribution is -0.683. The van der Waals surface area contributed by atoms with Crippen molar-refractivity contribution in [3.63, 3.8) is 0 Å². The van der Waals surface area contributed by atoms with E-state index in [1.807, 2.05) is 6.07 Å². The fourth-order valence-electron chi connectivity index (χ4n) is 1.43. The Morgan fingerprint density at radius 3 is 2.47 bits per heavy atom. The highest BCUT2D eigenvalue weighted by molar-refractivity contribution is 5.96. The first-order chi connectivity index (χ1) is 8.15. The van der Waals surface area contributed by atoms with Gasteiger partial charge >= 0.3 is 0 Å². The number of benzene rings is 1. The second-order valence-corrected chi connectivity index (χ2v) is 3.67. The number of rotatable bonds is 7. The predicted molar refractivity (Wildman–Crippen MR) is 58.1 cm³/mol. The molecule has 0 spiro atoms. The van der Waals surface area contributed by atoms with Crippen LogP contribution in [-0.2, 0) is 4.79 Å². The molecule has 0 aliphatic carbocycles. The second kappa shape index (κ2) is 6.78. The van der Waals surface area contributed by atoms with Crippen LogP contribution in [0.4, 0.5) is 0 Å². The molecule has 0 fully saturated rings. The van der Waals surface area contributed by atoms with Crippen LogP contribution in [0.1, 0.15) is 16.8 Å². The van der Waals surface area contributed by atoms with E-state index in [1.54, 1.807) is 24.3 Å². The van der Waals surface area contributed by atoms with Crippen molar-refractivity contribution in [1.29, 1.82) is 0 Å². The van der Waals surface area contributed by atoms with Gasteiger partial charge in [0.25, 0.3) is 0 Å². The zero-order valence-electron chi connectivity index (χ0n) is 9.33. The molecule has 0 heterocycles. The molecule has 0 saturated carbocycles. The molecule has 0 aromatic heterocycles. The van der Waals surface area contributed by atoms with E-state index in [4.69, 9.17) is 5.11 Å². The Bertz CT molecular complexity index is 377. The van der Waals surface area contributed by atoms with Crippen molar-refractivity contribution < 1.29 is 25.1 Å². The normalized spacial score (nSPS) is 12.1. The molecule has 1 rings (SSSR count). The summed E-state index contributed by atoms with van der Waals surface area (Å²) in [5.74, 6) is -1.36. The van der Waals surface area contributed by atoms with Gasteiger partial charge in [0.15, 0.2) is 5.78 Å². The van der Waals surface area contributed by atoms with Gasteiger partial charge < -0.3 is 20.3 Å². The number of ketones is 1. The molecule has 1 aromatic carbocycles. The number of quaternary nitrogens is 1. The number of aliphatic hydroxyl groups excluding tert-OH is 1. The van der Waals surface area contributed by atoms with Crippen LogP contribution in [0.2, 0.25) is 0 Å². The number of carboxylic acids is 1. The fraction of sp³-hybridized carbons (Fsp3) is 0.333. The molecule has 1 aromatic rings. The van der Waals surface area contributed by atoms with E-state index in [0.29, 0.717) is 12.1 Å². The van der Waals surface area contributed by atoms with E-state index >= 15 is 0 Å². The minimum absolute atomic E-state index is 0.0445. The number of Topliss-reactive ketones (excluding diaryl/α,β-unsaturated/α-hetero) is 1. The summed E-state index contributed by atoms with van der Waals surface area (Å²) in [6, 6.07) is 7.79. The third-order valence-corrected chi connectivity index (χ3v) is 2.42. The van der Waals surface area contributed by atoms with Crippen molar-refractivity contribution in [2.45, 2.75) is 12.5 Å². The molecule has 0 saturated heterocycles. The average Bonchev–Trinajstić information content (AvgIpc) is 2.35. The minimum Gasteiger partial charge on any atom is -0.544 e. The molecule has 0 amide bonds. The lowest BCUT2D eigenvalue weighted by atomic mass is 10.1. The van der Waals surface area contributed by atoms with Crippen LogP contribution in [0.25, 0.3) is 0 Å². The second-order valence-electron chi connectivity index (χ2n) is 3.67. The van der Waals surface area contributed by atoms with Gasteiger partial charge in [0.05, 0.1) is 13.0 Å². The highest BCUT2D eigenvalue weighted by atomic mass is 16.4. The summed E-state index contributed by atoms with van der Waals surface area (Å²) < 4.78 is 0. The van der Waals surface area contributed by atoms with Gasteiger partial charge in [-0.1, -0.05) is 30.3 Å². The average molecular weight is 237 g/mol. The summed E-state index contributed by atoms with van der Waals surface area (Å²) in [5, 5.41) is 20.6. The summed E-state index contributed by atoms with van der Waals surface area (Å²) in [4.78, 5) is 22.1. The zero-order chi connectivity index (χ0) is 12.7. The molecule has 0 aliphatic rings. The number of hydrogen-bond donors (Lipinski definition) is 2. The number of nitrogens with two attached hydrogens (primary N) is 1. The topological polar surface area (TPSA) is 94.0 Å². The van der Waals surface area contributed by atoms with E-state index in [-0.39, 0.29) is 12.2 Å². The van der Waals surface area contributed by atoms with Crippen LogP contribution < -0.4 is 10.4 Å². The fourth-order valence-corrected chi connectivity index (χ4v) is 1.43. The zero-order valence-corrected chi connectivity index (χ0v) is 9.33. The summed E-state index contributed by atoms with van der Waals surface area (Å²) in [6.07, 6.45) is 0.230. The van der Waals surface area contributed by atoms with E-state index in [9.17, 15) is 14.7 Å². The molecule has 5 nitrogen and oxygen atoms in total. The summed E-state index contributed by atoms with van der Waals surface area (Å²) >= 11 is 0. The van der Waals surface area contributed by atoms with Crippen molar-refractivity contribution in [3.05, 3.63) is 35.9 Å². The molecule has 0 aliphatic heterocycles. The molecule has 0 bridgehead atoms. The lowest BCUT2D eigenvalue weighted by Gasteiger charge is -2.13. The molecule has 5 heteroatoms. The highest BCUT2D eigenvalue weighted by Gasteiger charge is 2.12. The Hall–Kier alpha value is -1.72. The van der Waals surface area contributed by atoms with Gasteiger partial charge in [0.1, 0.15) is 18.6 Å². The summed E-state index contributed by atoms with van der Waals surface area (Å²) in [7, 11) is 0. The quantitative estimate of drug-likeness (QED) is 0.533. The smallest absolute Gasteiger partial charge is 0.168 e. The van der Waals surface area contributed by atoms with E-state index in [0.717, 1.165) is 0 Å². The first kappa shape index (κ1) is 13.3. The van der Waals surface area contributed by atoms with Crippen molar-refractivity contribution in [2.24, 2.45) is 0 Å². The van der Waals surface area contributed by atoms with Crippen LogP contribution in [0.3, 0.4) is 0 Å². The maximum Gasteiger partial charge on any atom is 0.168 e. The van der Waals surface area contributed by atoms with Crippen molar-refractivity contribution in [2.75, 3.05) is 13.2 Å². The Labute approximate surface area is 99.1 Å². The van der Waals surface area contributed by atoms with Crippen LogP contribution in [-0.4, -0.2) is 36.1 Å². The maximum atomic E-state index is 11.6. The van der Waals surface area contributed by atoms with Gasteiger partial charge in [-0.2, -0.15) is 0 Å². The van der Waals surface area contributed by atoms with Crippen molar-refractivity contribution in [3.8, 4) is 0 Å². The number of carboxylic acid groups (broad SMARTS) is 1. The first-order valence-corrected chi connectivity index (χ1v) is 5.38. The van der Waals surface area contributed by atoms with Gasteiger partial charge in [0.2, 0.25) is 0 Å². The SMILES string of the molecule is O=C(CC[NH2+]C(CO)C(=O)[O-])c1ccccc1. The molecular formula is C12H15NO4. The van der Waals surface area contributed by atoms with Crippen molar-refractivity contribution in [1.82, 2.24) is 0 Å². The van der Waals surface area contributed by atoms with Crippen LogP contribution in [0, 0.1) is 0 Å². The number of aliphatic hydroxyl groups is 1. The predicted octanol–water partition coefficient (Wildman–Crippen LogP) is -2.07. The number of hydrogen-bond acceptors (Lipinski definition) is 4. The van der Waals surface area contributed by atoms with E-state index in [2.05, 4.69) is 0 Å². The van der Waals surface area contributed by atoms with E-state index in [1.165, 1.54) is 5.32 Å². The Morgan fingerprint density at radius 2 is 1.94 bits per heavy atom. The molecule has 17 heavy (non-hydrogen) atoms. The van der Waals surface area contributed by atoms with Gasteiger partial charge in [0, 0.05) is 5.56 Å². The lowest BCUT2D eigenvalue weighted by Crippen LogP contribution is -2.94. The molecule has 1 atom stereocenters. The standard InChI is InChI=1S/C12H15NO4/c14-8-10(12(16)17)13-7-6-11(15)9-4-2-1-3-5-9/h1-5,10,13-14H,6-8H2,(H,16,17). The summed E-state index contributed by atoms with van der Waals surface area (Å²) in [6.45, 7) is -0.186. The molecule has 0 radical (unpaired) electrons. The highest BCUT2D eigenvalue weighted by Crippen LogP contribution is 2.01. The van der Waals surface area contributed by atoms with Gasteiger partial charge in [-0.25, -0.2) is 0 Å². The van der Waals surface area contributed by atoms with Crippen LogP contribution in [0.15, 0.2) is 30.3 Å². The first-order valence-electron chi connectivity index (χ1n) is 5.38. The number of carbonyl (C=O) groups excluding carboxylic acids is 2. The largest absolute Gasteiger partial charge is 0.544 e. The third-order valence-electron chi connectivity index (χ3n) is 2.42. The Morgan fingerprint density at radius 1 is 1.29 bits per heavy atom. The summed E-state index contributed by atoms with van der Waals surface area (Å²) in [5.41, 5.74) is 0.606. The van der Waals surface area contributed by atoms with Gasteiger partial charge in [-0.15, -0.1) is 0 Å².